The van der Waals surface area contributed by atoms with E-state index in [-0.39, 0.29) is 18.8 Å². The van der Waals surface area contributed by atoms with Crippen molar-refractivity contribution in [2.45, 2.75) is 64.6 Å². The lowest BCUT2D eigenvalue weighted by Gasteiger charge is -2.39. The molecule has 2 heterocycles. The van der Waals surface area contributed by atoms with Crippen LogP contribution in [0.1, 0.15) is 48.5 Å². The van der Waals surface area contributed by atoms with Gasteiger partial charge in [-0.05, 0) is 54.5 Å². The van der Waals surface area contributed by atoms with Crippen LogP contribution in [0.15, 0.2) is 11.6 Å². The Bertz CT molecular complexity index is 909. The predicted molar refractivity (Wildman–Crippen MR) is 127 cm³/mol. The first-order valence-electron chi connectivity index (χ1n) is 10.4. The van der Waals surface area contributed by atoms with Gasteiger partial charge in [-0.25, -0.2) is 4.79 Å². The van der Waals surface area contributed by atoms with Crippen LogP contribution in [0.4, 0.5) is 0 Å². The first-order chi connectivity index (χ1) is 14.9. The van der Waals surface area contributed by atoms with Crippen LogP contribution in [0.5, 0.6) is 0 Å². The Hall–Kier alpha value is -1.81. The van der Waals surface area contributed by atoms with Crippen LogP contribution in [-0.2, 0) is 32.8 Å². The second-order valence-corrected chi connectivity index (χ2v) is 13.5. The van der Waals surface area contributed by atoms with E-state index in [9.17, 15) is 28.8 Å². The predicted octanol–water partition coefficient (Wildman–Crippen LogP) is 2.98. The monoisotopic (exact) mass is 507 g/mol. The van der Waals surface area contributed by atoms with Crippen molar-refractivity contribution in [1.29, 1.82) is 0 Å². The first kappa shape index (κ1) is 29.2. The molecule has 10 nitrogen and oxygen atoms in total. The van der Waals surface area contributed by atoms with Crippen LogP contribution in [0, 0.1) is 5.41 Å². The Balaban J connectivity index is 0.000000675. The van der Waals surface area contributed by atoms with Crippen LogP contribution in [-0.4, -0.2) is 80.2 Å². The smallest absolute Gasteiger partial charge is 0.338 e. The third-order valence-electron chi connectivity index (χ3n) is 5.08. The third kappa shape index (κ3) is 6.41. The van der Waals surface area contributed by atoms with Gasteiger partial charge in [0.15, 0.2) is 5.78 Å². The number of carbonyl (C=O) groups is 4. The Morgan fingerprint density at radius 3 is 2.00 bits per heavy atom. The average Bonchev–Trinajstić information content (AvgIpc) is 2.83. The maximum atomic E-state index is 12.5. The van der Waals surface area contributed by atoms with Crippen molar-refractivity contribution < 1.29 is 43.0 Å². The molecule has 0 radical (unpaired) electrons. The Kier molecular flexibility index (Phi) is 9.41. The van der Waals surface area contributed by atoms with E-state index >= 15 is 0 Å². The molecular weight excluding hydrogens is 473 g/mol. The van der Waals surface area contributed by atoms with Crippen LogP contribution in [0.3, 0.4) is 0 Å². The number of carboxylic acid groups (broad SMARTS) is 2. The van der Waals surface area contributed by atoms with Crippen LogP contribution in [0.25, 0.3) is 0 Å². The Morgan fingerprint density at radius 2 is 1.64 bits per heavy atom. The van der Waals surface area contributed by atoms with Gasteiger partial charge in [-0.1, -0.05) is 5.87 Å². The second kappa shape index (κ2) is 10.6. The molecular formula is C21H34NO9PS. The van der Waals surface area contributed by atoms with E-state index in [0.29, 0.717) is 0 Å². The third-order valence-corrected chi connectivity index (χ3v) is 9.67. The fourth-order valence-electron chi connectivity index (χ4n) is 3.24. The molecule has 0 bridgehead atoms. The van der Waals surface area contributed by atoms with E-state index in [1.54, 1.807) is 48.5 Å². The lowest BCUT2D eigenvalue weighted by molar-refractivity contribution is -0.152. The van der Waals surface area contributed by atoms with E-state index < -0.39 is 69.4 Å². The van der Waals surface area contributed by atoms with Gasteiger partial charge >= 0.3 is 19.5 Å². The largest absolute Gasteiger partial charge is 0.481 e. The standard InChI is InChI=1S/C16H24NO7PS.C5H10O2/c1-6-23-25(22,24-7-2)9-10(18)8-11-13(19)17-12(15(20)21)16(3,4)26(5)14(11)17;1-5(2,3)4(6)7/h8,12,14H,5-7,9H2,1-4H3,(H,20,21);1-3H3,(H,6,7)/t12-,14+,26?;/m0./s1. The van der Waals surface area contributed by atoms with Crippen molar-refractivity contribution in [3.8, 4) is 0 Å². The fourth-order valence-corrected chi connectivity index (χ4v) is 6.80. The van der Waals surface area contributed by atoms with Crippen molar-refractivity contribution >= 4 is 47.6 Å². The number of allylic oxidation sites excluding steroid dienone is 1. The van der Waals surface area contributed by atoms with Crippen molar-refractivity contribution in [2.24, 2.45) is 5.41 Å². The quantitative estimate of drug-likeness (QED) is 0.219. The zero-order chi connectivity index (χ0) is 25.9. The van der Waals surface area contributed by atoms with E-state index in [1.165, 1.54) is 4.90 Å². The van der Waals surface area contributed by atoms with Crippen molar-refractivity contribution in [2.75, 3.05) is 19.4 Å². The number of hydrogen-bond donors (Lipinski definition) is 2. The number of amides is 1. The molecule has 2 fully saturated rings. The van der Waals surface area contributed by atoms with Crippen LogP contribution in [0.2, 0.25) is 0 Å². The number of hydrogen-bond acceptors (Lipinski definition) is 7. The fraction of sp³-hybridized carbons (Fsp3) is 0.667. The van der Waals surface area contributed by atoms with Gasteiger partial charge in [0.05, 0.1) is 24.2 Å². The summed E-state index contributed by atoms with van der Waals surface area (Å²) in [7, 11) is -4.26. The molecule has 2 N–H and O–H groups in total. The number of aliphatic carboxylic acids is 2. The van der Waals surface area contributed by atoms with Gasteiger partial charge in [0.25, 0.3) is 5.91 Å². The van der Waals surface area contributed by atoms with Crippen molar-refractivity contribution in [3.05, 3.63) is 11.6 Å². The summed E-state index contributed by atoms with van der Waals surface area (Å²) in [5.41, 5.74) is -0.371. The number of carboxylic acids is 2. The topological polar surface area (TPSA) is 148 Å². The number of ketones is 1. The van der Waals surface area contributed by atoms with Crippen LogP contribution >= 0.6 is 18.1 Å². The number of fused-ring (bicyclic) bond motifs is 1. The normalized spacial score (nSPS) is 25.1. The summed E-state index contributed by atoms with van der Waals surface area (Å²) >= 11 is 0. The van der Waals surface area contributed by atoms with E-state index in [0.717, 1.165) is 6.08 Å². The molecule has 2 aliphatic heterocycles. The highest BCUT2D eigenvalue weighted by Crippen LogP contribution is 2.56. The van der Waals surface area contributed by atoms with Crippen LogP contribution < -0.4 is 0 Å². The summed E-state index contributed by atoms with van der Waals surface area (Å²) in [6.45, 7) is 12.0. The summed E-state index contributed by atoms with van der Waals surface area (Å²) < 4.78 is 21.9. The molecule has 0 aromatic heterocycles. The molecule has 1 amide bonds. The molecule has 2 rings (SSSR count). The van der Waals surface area contributed by atoms with Gasteiger partial charge in [-0.3, -0.25) is 18.9 Å². The van der Waals surface area contributed by atoms with Crippen molar-refractivity contribution in [3.63, 3.8) is 0 Å². The van der Waals surface area contributed by atoms with Crippen molar-refractivity contribution in [1.82, 2.24) is 4.90 Å². The zero-order valence-corrected chi connectivity index (χ0v) is 21.8. The molecule has 1 unspecified atom stereocenters. The molecule has 188 valence electrons. The van der Waals surface area contributed by atoms with E-state index in [4.69, 9.17) is 14.2 Å². The SMILES string of the molecule is C=S1[C@@H]2C(=CC(=O)CP(=O)(OCC)OCC)C(=O)N2[C@@H](C(=O)O)C1(C)C.CC(C)(C)C(=O)O. The molecule has 33 heavy (non-hydrogen) atoms. The maximum absolute atomic E-state index is 12.5. The highest BCUT2D eigenvalue weighted by Gasteiger charge is 2.62. The van der Waals surface area contributed by atoms with E-state index in [1.807, 2.05) is 0 Å². The second-order valence-electron chi connectivity index (χ2n) is 9.06. The number of carbonyl (C=O) groups excluding carboxylic acids is 2. The minimum atomic E-state index is -3.56. The van der Waals surface area contributed by atoms with E-state index in [2.05, 4.69) is 5.87 Å². The average molecular weight is 508 g/mol. The molecule has 0 aromatic carbocycles. The molecule has 2 saturated heterocycles. The number of β-lactam (4-membered cyclic amide) rings is 1. The van der Waals surface area contributed by atoms with Gasteiger partial charge in [-0.15, -0.1) is 0 Å². The molecule has 0 spiro atoms. The highest BCUT2D eigenvalue weighted by molar-refractivity contribution is 8.16. The van der Waals surface area contributed by atoms with Gasteiger partial charge in [0, 0.05) is 4.75 Å². The summed E-state index contributed by atoms with van der Waals surface area (Å²) in [5.74, 6) is 1.16. The number of rotatable bonds is 8. The molecule has 3 atom stereocenters. The molecule has 0 aliphatic carbocycles. The summed E-state index contributed by atoms with van der Waals surface area (Å²) in [6.07, 6.45) is 0.675. The van der Waals surface area contributed by atoms with Gasteiger partial charge in [-0.2, -0.15) is 10.5 Å². The first-order valence-corrected chi connectivity index (χ1v) is 13.6. The maximum Gasteiger partial charge on any atom is 0.338 e. The summed E-state index contributed by atoms with van der Waals surface area (Å²) in [4.78, 5) is 47.6. The van der Waals surface area contributed by atoms with Gasteiger partial charge in [0.1, 0.15) is 17.6 Å². The zero-order valence-electron chi connectivity index (χ0n) is 20.1. The lowest BCUT2D eigenvalue weighted by atomic mass is 9.95. The summed E-state index contributed by atoms with van der Waals surface area (Å²) in [6, 6.07) is -0.981. The minimum Gasteiger partial charge on any atom is -0.481 e. The van der Waals surface area contributed by atoms with Gasteiger partial charge in [0.2, 0.25) is 0 Å². The summed E-state index contributed by atoms with van der Waals surface area (Å²) in [5, 5.41) is 17.2. The highest BCUT2D eigenvalue weighted by atomic mass is 32.2. The molecule has 0 saturated carbocycles. The molecule has 2 aliphatic rings. The Morgan fingerprint density at radius 1 is 1.18 bits per heavy atom. The number of nitrogens with zero attached hydrogens (tertiary/aromatic N) is 1. The molecule has 0 aromatic rings. The minimum absolute atomic E-state index is 0.132. The molecule has 12 heteroatoms. The Labute approximate surface area is 196 Å². The van der Waals surface area contributed by atoms with Gasteiger partial charge < -0.3 is 24.2 Å². The lowest BCUT2D eigenvalue weighted by Crippen LogP contribution is -2.58.